The van der Waals surface area contributed by atoms with Crippen LogP contribution in [0.5, 0.6) is 5.75 Å². The van der Waals surface area contributed by atoms with E-state index in [9.17, 15) is 5.11 Å². The lowest BCUT2D eigenvalue weighted by molar-refractivity contribution is 0.469. The Morgan fingerprint density at radius 3 is 2.62 bits per heavy atom. The van der Waals surface area contributed by atoms with E-state index in [0.29, 0.717) is 8.95 Å². The second-order valence-electron chi connectivity index (χ2n) is 3.61. The predicted octanol–water partition coefficient (Wildman–Crippen LogP) is 4.55. The lowest BCUT2D eigenvalue weighted by Gasteiger charge is -2.01. The van der Waals surface area contributed by atoms with Crippen LogP contribution in [0.1, 0.15) is 0 Å². The van der Waals surface area contributed by atoms with Gasteiger partial charge in [0, 0.05) is 21.8 Å². The molecule has 0 saturated carbocycles. The summed E-state index contributed by atoms with van der Waals surface area (Å²) < 4.78 is 1.40. The molecule has 2 nitrogen and oxygen atoms in total. The van der Waals surface area contributed by atoms with E-state index in [1.54, 1.807) is 0 Å². The highest BCUT2D eigenvalue weighted by molar-refractivity contribution is 9.11. The monoisotopic (exact) mass is 339 g/mol. The Kier molecular flexibility index (Phi) is 2.23. The molecule has 0 amide bonds. The van der Waals surface area contributed by atoms with Gasteiger partial charge in [0.1, 0.15) is 5.75 Å². The molecule has 0 saturated heterocycles. The van der Waals surface area contributed by atoms with Gasteiger partial charge >= 0.3 is 0 Å². The normalized spacial score (nSPS) is 11.4. The van der Waals surface area contributed by atoms with Crippen LogP contribution in [-0.4, -0.2) is 10.1 Å². The van der Waals surface area contributed by atoms with Crippen molar-refractivity contribution >= 4 is 53.7 Å². The zero-order valence-corrected chi connectivity index (χ0v) is 11.3. The largest absolute Gasteiger partial charge is 0.506 e. The molecule has 2 N–H and O–H groups in total. The third-order valence-electron chi connectivity index (χ3n) is 2.66. The minimum atomic E-state index is 0.234. The summed E-state index contributed by atoms with van der Waals surface area (Å²) in [4.78, 5) is 3.32. The number of hydrogen-bond donors (Lipinski definition) is 2. The molecular formula is C12H7Br2NO. The number of nitrogens with one attached hydrogen (secondary N) is 1. The topological polar surface area (TPSA) is 36.0 Å². The average molecular weight is 341 g/mol. The van der Waals surface area contributed by atoms with Gasteiger partial charge in [-0.25, -0.2) is 0 Å². The van der Waals surface area contributed by atoms with E-state index in [-0.39, 0.29) is 5.75 Å². The first kappa shape index (κ1) is 10.2. The molecule has 1 aromatic heterocycles. The molecule has 0 aliphatic carbocycles. The Morgan fingerprint density at radius 1 is 1.06 bits per heavy atom. The summed E-state index contributed by atoms with van der Waals surface area (Å²) >= 11 is 6.76. The van der Waals surface area contributed by atoms with Gasteiger partial charge in [-0.05, 0) is 44.0 Å². The molecular weight excluding hydrogens is 334 g/mol. The number of halogens is 2. The highest BCUT2D eigenvalue weighted by Crippen LogP contribution is 2.41. The van der Waals surface area contributed by atoms with Gasteiger partial charge in [-0.1, -0.05) is 18.2 Å². The van der Waals surface area contributed by atoms with Crippen LogP contribution in [-0.2, 0) is 0 Å². The van der Waals surface area contributed by atoms with Crippen LogP contribution >= 0.6 is 31.9 Å². The standard InChI is InChI=1S/C12H7Br2NO/c13-7-5-9-10(11(14)12(7)16)6-3-1-2-4-8(6)15-9/h1-5,15-16H. The number of aromatic amines is 1. The van der Waals surface area contributed by atoms with Crippen LogP contribution in [0.3, 0.4) is 0 Å². The van der Waals surface area contributed by atoms with E-state index < -0.39 is 0 Å². The summed E-state index contributed by atoms with van der Waals surface area (Å²) in [6, 6.07) is 9.91. The van der Waals surface area contributed by atoms with Crippen LogP contribution in [0, 0.1) is 0 Å². The third kappa shape index (κ3) is 1.30. The Morgan fingerprint density at radius 2 is 1.81 bits per heavy atom. The van der Waals surface area contributed by atoms with Crippen LogP contribution < -0.4 is 0 Å². The molecule has 0 radical (unpaired) electrons. The quantitative estimate of drug-likeness (QED) is 0.618. The molecule has 3 aromatic rings. The Labute approximate surface area is 109 Å². The Hall–Kier alpha value is -1.00. The first-order chi connectivity index (χ1) is 7.68. The van der Waals surface area contributed by atoms with Gasteiger partial charge in [0.05, 0.1) is 8.95 Å². The van der Waals surface area contributed by atoms with Crippen molar-refractivity contribution in [1.82, 2.24) is 4.98 Å². The van der Waals surface area contributed by atoms with E-state index in [1.165, 1.54) is 0 Å². The number of aromatic nitrogens is 1. The summed E-state index contributed by atoms with van der Waals surface area (Å²) in [5.41, 5.74) is 2.06. The van der Waals surface area contributed by atoms with Crippen molar-refractivity contribution in [1.29, 1.82) is 0 Å². The molecule has 1 heterocycles. The minimum Gasteiger partial charge on any atom is -0.506 e. The van der Waals surface area contributed by atoms with Crippen molar-refractivity contribution in [3.8, 4) is 5.75 Å². The van der Waals surface area contributed by atoms with Gasteiger partial charge in [0.15, 0.2) is 0 Å². The van der Waals surface area contributed by atoms with Crippen molar-refractivity contribution in [3.05, 3.63) is 39.3 Å². The van der Waals surface area contributed by atoms with Crippen LogP contribution in [0.25, 0.3) is 21.8 Å². The lowest BCUT2D eigenvalue weighted by Crippen LogP contribution is -1.75. The second-order valence-corrected chi connectivity index (χ2v) is 5.26. The van der Waals surface area contributed by atoms with Gasteiger partial charge in [-0.15, -0.1) is 0 Å². The molecule has 4 heteroatoms. The summed E-state index contributed by atoms with van der Waals surface area (Å²) in [6.07, 6.45) is 0. The van der Waals surface area contributed by atoms with Crippen molar-refractivity contribution < 1.29 is 5.11 Å². The summed E-state index contributed by atoms with van der Waals surface area (Å²) in [6.45, 7) is 0. The van der Waals surface area contributed by atoms with Crippen molar-refractivity contribution in [3.63, 3.8) is 0 Å². The molecule has 80 valence electrons. The van der Waals surface area contributed by atoms with E-state index in [2.05, 4.69) is 36.8 Å². The fourth-order valence-electron chi connectivity index (χ4n) is 1.93. The molecule has 0 spiro atoms. The molecule has 0 atom stereocenters. The minimum absolute atomic E-state index is 0.234. The summed E-state index contributed by atoms with van der Waals surface area (Å²) in [7, 11) is 0. The van der Waals surface area contributed by atoms with Gasteiger partial charge < -0.3 is 10.1 Å². The molecule has 0 bridgehead atoms. The SMILES string of the molecule is Oc1c(Br)cc2[nH]c3ccccc3c2c1Br. The van der Waals surface area contributed by atoms with E-state index in [1.807, 2.05) is 30.3 Å². The number of phenolic OH excluding ortho intramolecular Hbond substituents is 1. The summed E-state index contributed by atoms with van der Waals surface area (Å²) in [5.74, 6) is 0.234. The number of H-pyrrole nitrogens is 1. The molecule has 2 aromatic carbocycles. The summed E-state index contributed by atoms with van der Waals surface area (Å²) in [5, 5.41) is 12.0. The maximum absolute atomic E-state index is 9.87. The van der Waals surface area contributed by atoms with Gasteiger partial charge in [0.2, 0.25) is 0 Å². The van der Waals surface area contributed by atoms with Crippen LogP contribution in [0.15, 0.2) is 39.3 Å². The molecule has 0 aliphatic rings. The lowest BCUT2D eigenvalue weighted by atomic mass is 10.1. The van der Waals surface area contributed by atoms with Gasteiger partial charge in [-0.3, -0.25) is 0 Å². The number of aromatic hydroxyl groups is 1. The van der Waals surface area contributed by atoms with Crippen molar-refractivity contribution in [2.24, 2.45) is 0 Å². The maximum atomic E-state index is 9.87. The fraction of sp³-hybridized carbons (Fsp3) is 0. The van der Waals surface area contributed by atoms with Gasteiger partial charge in [0.25, 0.3) is 0 Å². The predicted molar refractivity (Wildman–Crippen MR) is 72.9 cm³/mol. The maximum Gasteiger partial charge on any atom is 0.144 e. The van der Waals surface area contributed by atoms with Crippen molar-refractivity contribution in [2.75, 3.05) is 0 Å². The van der Waals surface area contributed by atoms with E-state index >= 15 is 0 Å². The zero-order valence-electron chi connectivity index (χ0n) is 8.09. The Bertz CT molecular complexity index is 703. The number of hydrogen-bond acceptors (Lipinski definition) is 1. The third-order valence-corrected chi connectivity index (χ3v) is 4.04. The average Bonchev–Trinajstić information content (AvgIpc) is 2.64. The highest BCUT2D eigenvalue weighted by Gasteiger charge is 2.13. The number of para-hydroxylation sites is 1. The van der Waals surface area contributed by atoms with E-state index in [4.69, 9.17) is 0 Å². The molecule has 16 heavy (non-hydrogen) atoms. The number of phenols is 1. The van der Waals surface area contributed by atoms with Gasteiger partial charge in [-0.2, -0.15) is 0 Å². The number of benzene rings is 2. The van der Waals surface area contributed by atoms with Crippen LogP contribution in [0.4, 0.5) is 0 Å². The number of rotatable bonds is 0. The first-order valence-corrected chi connectivity index (χ1v) is 6.34. The fourth-order valence-corrected chi connectivity index (χ4v) is 3.26. The molecule has 0 fully saturated rings. The number of fused-ring (bicyclic) bond motifs is 3. The Balaban J connectivity index is 2.62. The molecule has 3 rings (SSSR count). The van der Waals surface area contributed by atoms with Crippen LogP contribution in [0.2, 0.25) is 0 Å². The van der Waals surface area contributed by atoms with Crippen molar-refractivity contribution in [2.45, 2.75) is 0 Å². The first-order valence-electron chi connectivity index (χ1n) is 4.76. The smallest absolute Gasteiger partial charge is 0.144 e. The highest BCUT2D eigenvalue weighted by atomic mass is 79.9. The molecule has 0 unspecified atom stereocenters. The zero-order chi connectivity index (χ0) is 11.3. The second kappa shape index (κ2) is 3.50. The molecule has 0 aliphatic heterocycles. The van der Waals surface area contributed by atoms with E-state index in [0.717, 1.165) is 21.8 Å².